The van der Waals surface area contributed by atoms with Gasteiger partial charge in [-0.1, -0.05) is 30.0 Å². The Kier molecular flexibility index (Phi) is 5.97. The zero-order valence-corrected chi connectivity index (χ0v) is 15.1. The number of carbonyl (C=O) groups excluding carboxylic acids is 1. The zero-order chi connectivity index (χ0) is 18.4. The highest BCUT2D eigenvalue weighted by Crippen LogP contribution is 2.24. The number of ether oxygens (including phenoxy) is 1. The third-order valence-corrected chi connectivity index (χ3v) is 4.91. The van der Waals surface area contributed by atoms with Gasteiger partial charge in [0.25, 0.3) is 0 Å². The molecule has 0 saturated carbocycles. The van der Waals surface area contributed by atoms with E-state index in [0.717, 1.165) is 5.56 Å². The molecular weight excluding hydrogens is 338 g/mol. The van der Waals surface area contributed by atoms with Gasteiger partial charge in [0.05, 0.1) is 13.7 Å². The molecule has 6 heteroatoms. The Hall–Kier alpha value is -2.62. The van der Waals surface area contributed by atoms with Crippen LogP contribution in [0.15, 0.2) is 47.4 Å². The van der Waals surface area contributed by atoms with Gasteiger partial charge in [0.15, 0.2) is 5.78 Å². The number of Topliss-reactive ketones (excluding diaryl/α,β-unsaturated/α-hetero) is 1. The van der Waals surface area contributed by atoms with Crippen LogP contribution in [-0.2, 0) is 10.0 Å². The van der Waals surface area contributed by atoms with Crippen LogP contribution in [0.5, 0.6) is 5.75 Å². The summed E-state index contributed by atoms with van der Waals surface area (Å²) in [5.74, 6) is 5.89. The molecular formula is C19H19NO4S. The number of carbonyl (C=O) groups is 1. The molecule has 0 spiro atoms. The van der Waals surface area contributed by atoms with Crippen molar-refractivity contribution in [2.24, 2.45) is 0 Å². The van der Waals surface area contributed by atoms with E-state index in [2.05, 4.69) is 16.6 Å². The summed E-state index contributed by atoms with van der Waals surface area (Å²) in [6.45, 7) is 3.27. The maximum absolute atomic E-state index is 12.4. The van der Waals surface area contributed by atoms with E-state index in [0.29, 0.717) is 11.1 Å². The first kappa shape index (κ1) is 18.7. The molecule has 0 heterocycles. The summed E-state index contributed by atoms with van der Waals surface area (Å²) < 4.78 is 32.3. The van der Waals surface area contributed by atoms with Crippen LogP contribution < -0.4 is 9.46 Å². The van der Waals surface area contributed by atoms with E-state index in [4.69, 9.17) is 4.74 Å². The molecule has 2 aromatic carbocycles. The molecule has 1 N–H and O–H groups in total. The predicted molar refractivity (Wildman–Crippen MR) is 96.2 cm³/mol. The molecule has 0 saturated heterocycles. The van der Waals surface area contributed by atoms with E-state index < -0.39 is 10.0 Å². The largest absolute Gasteiger partial charge is 0.495 e. The van der Waals surface area contributed by atoms with Crippen molar-refractivity contribution in [2.45, 2.75) is 18.7 Å². The molecule has 0 aliphatic carbocycles. The summed E-state index contributed by atoms with van der Waals surface area (Å²) in [5.41, 5.74) is 2.13. The molecule has 0 amide bonds. The van der Waals surface area contributed by atoms with Crippen LogP contribution in [-0.4, -0.2) is 27.9 Å². The number of hydrogen-bond acceptors (Lipinski definition) is 4. The molecule has 2 aromatic rings. The summed E-state index contributed by atoms with van der Waals surface area (Å²) >= 11 is 0. The smallest absolute Gasteiger partial charge is 0.245 e. The zero-order valence-electron chi connectivity index (χ0n) is 14.3. The lowest BCUT2D eigenvalue weighted by molar-refractivity contribution is 0.101. The van der Waals surface area contributed by atoms with E-state index in [1.807, 2.05) is 6.92 Å². The van der Waals surface area contributed by atoms with Crippen LogP contribution in [0.3, 0.4) is 0 Å². The molecule has 0 aliphatic heterocycles. The number of nitrogens with one attached hydrogen (secondary N) is 1. The van der Waals surface area contributed by atoms with Crippen molar-refractivity contribution in [1.82, 2.24) is 4.72 Å². The monoisotopic (exact) mass is 357 g/mol. The van der Waals surface area contributed by atoms with Crippen molar-refractivity contribution < 1.29 is 17.9 Å². The molecule has 0 unspecified atom stereocenters. The van der Waals surface area contributed by atoms with E-state index >= 15 is 0 Å². The minimum absolute atomic E-state index is 0.0145. The fourth-order valence-electron chi connectivity index (χ4n) is 2.14. The topological polar surface area (TPSA) is 72.5 Å². The highest BCUT2D eigenvalue weighted by molar-refractivity contribution is 7.89. The summed E-state index contributed by atoms with van der Waals surface area (Å²) in [6, 6.07) is 11.8. The number of benzene rings is 2. The minimum atomic E-state index is -3.72. The second-order valence-corrected chi connectivity index (χ2v) is 7.15. The van der Waals surface area contributed by atoms with E-state index in [-0.39, 0.29) is 23.0 Å². The molecule has 0 aromatic heterocycles. The Morgan fingerprint density at radius 1 is 1.16 bits per heavy atom. The number of rotatable bonds is 5. The van der Waals surface area contributed by atoms with E-state index in [1.165, 1.54) is 14.0 Å². The van der Waals surface area contributed by atoms with Crippen molar-refractivity contribution in [3.8, 4) is 17.6 Å². The molecule has 0 atom stereocenters. The Bertz CT molecular complexity index is 936. The van der Waals surface area contributed by atoms with Crippen molar-refractivity contribution in [3.63, 3.8) is 0 Å². The number of aryl methyl sites for hydroxylation is 1. The maximum atomic E-state index is 12.4. The first-order chi connectivity index (χ1) is 11.8. The maximum Gasteiger partial charge on any atom is 0.245 e. The number of ketones is 1. The molecule has 2 rings (SSSR count). The molecule has 0 aliphatic rings. The SMILES string of the molecule is COc1ccc(C)cc1S(=O)(=O)NCC#Cc1ccc(C(C)=O)cc1. The number of sulfonamides is 1. The first-order valence-corrected chi connectivity index (χ1v) is 9.06. The average molecular weight is 357 g/mol. The van der Waals surface area contributed by atoms with E-state index in [9.17, 15) is 13.2 Å². The van der Waals surface area contributed by atoms with Crippen LogP contribution in [0.2, 0.25) is 0 Å². The van der Waals surface area contributed by atoms with Gasteiger partial charge in [0.2, 0.25) is 10.0 Å². The van der Waals surface area contributed by atoms with Crippen LogP contribution in [0.4, 0.5) is 0 Å². The van der Waals surface area contributed by atoms with E-state index in [1.54, 1.807) is 42.5 Å². The van der Waals surface area contributed by atoms with Crippen molar-refractivity contribution in [1.29, 1.82) is 0 Å². The highest BCUT2D eigenvalue weighted by atomic mass is 32.2. The van der Waals surface area contributed by atoms with Gasteiger partial charge in [0, 0.05) is 11.1 Å². The summed E-state index contributed by atoms with van der Waals surface area (Å²) in [4.78, 5) is 11.3. The normalized spacial score (nSPS) is 10.7. The third-order valence-electron chi connectivity index (χ3n) is 3.48. The van der Waals surface area contributed by atoms with Gasteiger partial charge in [-0.15, -0.1) is 0 Å². The average Bonchev–Trinajstić information content (AvgIpc) is 2.59. The van der Waals surface area contributed by atoms with Gasteiger partial charge in [-0.2, -0.15) is 4.72 Å². The second-order valence-electron chi connectivity index (χ2n) is 5.41. The Morgan fingerprint density at radius 3 is 2.44 bits per heavy atom. The van der Waals surface area contributed by atoms with Gasteiger partial charge in [-0.3, -0.25) is 4.79 Å². The van der Waals surface area contributed by atoms with Gasteiger partial charge in [-0.05, 0) is 43.7 Å². The van der Waals surface area contributed by atoms with Crippen molar-refractivity contribution in [2.75, 3.05) is 13.7 Å². The minimum Gasteiger partial charge on any atom is -0.495 e. The van der Waals surface area contributed by atoms with Crippen LogP contribution >= 0.6 is 0 Å². The second kappa shape index (κ2) is 7.97. The quantitative estimate of drug-likeness (QED) is 0.659. The summed E-state index contributed by atoms with van der Waals surface area (Å²) in [6.07, 6.45) is 0. The highest BCUT2D eigenvalue weighted by Gasteiger charge is 2.18. The van der Waals surface area contributed by atoms with Crippen LogP contribution in [0, 0.1) is 18.8 Å². The van der Waals surface area contributed by atoms with Gasteiger partial charge in [0.1, 0.15) is 10.6 Å². The summed E-state index contributed by atoms with van der Waals surface area (Å²) in [5, 5.41) is 0. The van der Waals surface area contributed by atoms with Crippen LogP contribution in [0.25, 0.3) is 0 Å². The molecule has 0 bridgehead atoms. The fraction of sp³-hybridized carbons (Fsp3) is 0.211. The Morgan fingerprint density at radius 2 is 1.84 bits per heavy atom. The predicted octanol–water partition coefficient (Wildman–Crippen LogP) is 2.54. The van der Waals surface area contributed by atoms with Gasteiger partial charge < -0.3 is 4.74 Å². The van der Waals surface area contributed by atoms with Gasteiger partial charge >= 0.3 is 0 Å². The molecule has 0 fully saturated rings. The Labute approximate surface area is 148 Å². The molecule has 25 heavy (non-hydrogen) atoms. The molecule has 5 nitrogen and oxygen atoms in total. The standard InChI is InChI=1S/C19H19NO4S/c1-14-6-11-18(24-3)19(13-14)25(22,23)20-12-4-5-16-7-9-17(10-8-16)15(2)21/h6-11,13,20H,12H2,1-3H3. The number of hydrogen-bond donors (Lipinski definition) is 1. The molecule has 0 radical (unpaired) electrons. The van der Waals surface area contributed by atoms with Crippen molar-refractivity contribution in [3.05, 3.63) is 59.2 Å². The lowest BCUT2D eigenvalue weighted by atomic mass is 10.1. The first-order valence-electron chi connectivity index (χ1n) is 7.57. The lowest BCUT2D eigenvalue weighted by Crippen LogP contribution is -2.24. The van der Waals surface area contributed by atoms with Crippen LogP contribution in [0.1, 0.15) is 28.4 Å². The summed E-state index contributed by atoms with van der Waals surface area (Å²) in [7, 11) is -2.30. The fourth-order valence-corrected chi connectivity index (χ4v) is 3.31. The Balaban J connectivity index is 2.09. The van der Waals surface area contributed by atoms with Crippen molar-refractivity contribution >= 4 is 15.8 Å². The molecule has 130 valence electrons. The lowest BCUT2D eigenvalue weighted by Gasteiger charge is -2.10. The third kappa shape index (κ3) is 4.92. The number of methoxy groups -OCH3 is 1. The van der Waals surface area contributed by atoms with Gasteiger partial charge in [-0.25, -0.2) is 8.42 Å².